The van der Waals surface area contributed by atoms with E-state index in [1.807, 2.05) is 16.8 Å². The van der Waals surface area contributed by atoms with Gasteiger partial charge in [0.2, 0.25) is 0 Å². The summed E-state index contributed by atoms with van der Waals surface area (Å²) in [7, 11) is 0. The largest absolute Gasteiger partial charge is 0.467 e. The molecule has 0 radical (unpaired) electrons. The second-order valence-corrected chi connectivity index (χ2v) is 6.79. The first kappa shape index (κ1) is 16.2. The van der Waals surface area contributed by atoms with Crippen molar-refractivity contribution in [3.63, 3.8) is 0 Å². The monoisotopic (exact) mass is 318 g/mol. The van der Waals surface area contributed by atoms with Crippen molar-refractivity contribution in [3.05, 3.63) is 36.3 Å². The third-order valence-electron chi connectivity index (χ3n) is 4.44. The van der Waals surface area contributed by atoms with Crippen LogP contribution in [0.5, 0.6) is 0 Å². The number of aliphatic hydroxyl groups excluding tert-OH is 1. The second kappa shape index (κ2) is 7.27. The molecule has 3 rings (SSSR count). The van der Waals surface area contributed by atoms with Gasteiger partial charge in [-0.1, -0.05) is 13.8 Å². The average molecular weight is 318 g/mol. The topological polar surface area (TPSA) is 67.3 Å². The summed E-state index contributed by atoms with van der Waals surface area (Å²) in [6.07, 6.45) is 5.68. The van der Waals surface area contributed by atoms with Crippen molar-refractivity contribution in [1.82, 2.24) is 19.7 Å². The van der Waals surface area contributed by atoms with Crippen LogP contribution in [0.1, 0.15) is 50.8 Å². The van der Waals surface area contributed by atoms with Crippen LogP contribution in [0.4, 0.5) is 0 Å². The van der Waals surface area contributed by atoms with Crippen LogP contribution in [-0.4, -0.2) is 37.4 Å². The molecule has 2 aromatic rings. The Morgan fingerprint density at radius 1 is 1.43 bits per heavy atom. The molecule has 1 fully saturated rings. The quantitative estimate of drug-likeness (QED) is 0.850. The number of aliphatic hydroxyl groups is 1. The Labute approximate surface area is 137 Å². The number of furan rings is 1. The van der Waals surface area contributed by atoms with Crippen molar-refractivity contribution < 1.29 is 9.52 Å². The molecule has 0 bridgehead atoms. The molecule has 6 heteroatoms. The van der Waals surface area contributed by atoms with Crippen LogP contribution >= 0.6 is 0 Å². The van der Waals surface area contributed by atoms with Gasteiger partial charge in [0, 0.05) is 12.6 Å². The number of aromatic nitrogens is 3. The zero-order valence-electron chi connectivity index (χ0n) is 13.9. The van der Waals surface area contributed by atoms with Gasteiger partial charge in [-0.2, -0.15) is 5.10 Å². The van der Waals surface area contributed by atoms with Crippen molar-refractivity contribution in [2.24, 2.45) is 5.92 Å². The molecule has 6 nitrogen and oxygen atoms in total. The lowest BCUT2D eigenvalue weighted by molar-refractivity contribution is 0.0980. The van der Waals surface area contributed by atoms with Crippen LogP contribution in [0.2, 0.25) is 0 Å². The Kier molecular flexibility index (Phi) is 5.13. The molecule has 0 amide bonds. The molecule has 0 saturated carbocycles. The first-order valence-electron chi connectivity index (χ1n) is 8.45. The normalized spacial score (nSPS) is 20.4. The SMILES string of the molecule is CC(C)Cn1ncnc1CN1CCCC1CC(O)c1ccco1. The van der Waals surface area contributed by atoms with Gasteiger partial charge in [0.15, 0.2) is 0 Å². The maximum absolute atomic E-state index is 10.3. The van der Waals surface area contributed by atoms with E-state index in [9.17, 15) is 5.11 Å². The summed E-state index contributed by atoms with van der Waals surface area (Å²) in [5, 5.41) is 14.7. The minimum absolute atomic E-state index is 0.360. The van der Waals surface area contributed by atoms with E-state index in [4.69, 9.17) is 4.42 Å². The standard InChI is InChI=1S/C17H26N4O2/c1-13(2)10-21-17(18-12-19-21)11-20-7-3-5-14(20)9-15(22)16-6-4-8-23-16/h4,6,8,12-15,22H,3,5,7,9-11H2,1-2H3. The summed E-state index contributed by atoms with van der Waals surface area (Å²) in [5.41, 5.74) is 0. The second-order valence-electron chi connectivity index (χ2n) is 6.79. The summed E-state index contributed by atoms with van der Waals surface area (Å²) < 4.78 is 7.32. The molecule has 1 saturated heterocycles. The molecule has 23 heavy (non-hydrogen) atoms. The zero-order chi connectivity index (χ0) is 16.2. The third kappa shape index (κ3) is 4.00. The van der Waals surface area contributed by atoms with Crippen molar-refractivity contribution >= 4 is 0 Å². The van der Waals surface area contributed by atoms with Crippen LogP contribution < -0.4 is 0 Å². The van der Waals surface area contributed by atoms with Crippen LogP contribution in [0.3, 0.4) is 0 Å². The van der Waals surface area contributed by atoms with Crippen molar-refractivity contribution in [3.8, 4) is 0 Å². The smallest absolute Gasteiger partial charge is 0.141 e. The molecule has 0 aromatic carbocycles. The molecule has 1 N–H and O–H groups in total. The highest BCUT2D eigenvalue weighted by Gasteiger charge is 2.29. The van der Waals surface area contributed by atoms with E-state index in [0.717, 1.165) is 38.3 Å². The molecule has 2 unspecified atom stereocenters. The van der Waals surface area contributed by atoms with E-state index in [0.29, 0.717) is 24.1 Å². The molecule has 126 valence electrons. The van der Waals surface area contributed by atoms with Gasteiger partial charge in [0.1, 0.15) is 24.0 Å². The van der Waals surface area contributed by atoms with Crippen LogP contribution in [-0.2, 0) is 13.1 Å². The molecular weight excluding hydrogens is 292 g/mol. The molecule has 1 aliphatic heterocycles. The molecule has 1 aliphatic rings. The van der Waals surface area contributed by atoms with E-state index in [2.05, 4.69) is 28.8 Å². The highest BCUT2D eigenvalue weighted by Crippen LogP contribution is 2.28. The van der Waals surface area contributed by atoms with Crippen molar-refractivity contribution in [2.75, 3.05) is 6.54 Å². The highest BCUT2D eigenvalue weighted by atomic mass is 16.4. The minimum atomic E-state index is -0.538. The van der Waals surface area contributed by atoms with E-state index >= 15 is 0 Å². The number of hydrogen-bond donors (Lipinski definition) is 1. The maximum Gasteiger partial charge on any atom is 0.141 e. The van der Waals surface area contributed by atoms with Crippen LogP contribution in [0.15, 0.2) is 29.1 Å². The molecule has 0 spiro atoms. The highest BCUT2D eigenvalue weighted by molar-refractivity contribution is 5.03. The summed E-state index contributed by atoms with van der Waals surface area (Å²) >= 11 is 0. The fraction of sp³-hybridized carbons (Fsp3) is 0.647. The average Bonchev–Trinajstić information content (AvgIpc) is 3.23. The van der Waals surface area contributed by atoms with Gasteiger partial charge in [-0.05, 0) is 43.9 Å². The van der Waals surface area contributed by atoms with Gasteiger partial charge < -0.3 is 9.52 Å². The van der Waals surface area contributed by atoms with Crippen molar-refractivity contribution in [2.45, 2.75) is 58.3 Å². The lowest BCUT2D eigenvalue weighted by Crippen LogP contribution is -2.31. The van der Waals surface area contributed by atoms with Gasteiger partial charge >= 0.3 is 0 Å². The molecule has 2 aromatic heterocycles. The van der Waals surface area contributed by atoms with E-state index in [1.165, 1.54) is 0 Å². The summed E-state index contributed by atoms with van der Waals surface area (Å²) in [6, 6.07) is 4.02. The lowest BCUT2D eigenvalue weighted by Gasteiger charge is -2.25. The van der Waals surface area contributed by atoms with Gasteiger partial charge in [-0.3, -0.25) is 4.90 Å². The maximum atomic E-state index is 10.3. The van der Waals surface area contributed by atoms with E-state index < -0.39 is 6.10 Å². The van der Waals surface area contributed by atoms with Gasteiger partial charge in [0.25, 0.3) is 0 Å². The molecule has 2 atom stereocenters. The fourth-order valence-electron chi connectivity index (χ4n) is 3.32. The summed E-state index contributed by atoms with van der Waals surface area (Å²) in [4.78, 5) is 6.84. The summed E-state index contributed by atoms with van der Waals surface area (Å²) in [6.45, 7) is 7.10. The predicted molar refractivity (Wildman–Crippen MR) is 86.6 cm³/mol. The fourth-order valence-corrected chi connectivity index (χ4v) is 3.32. The van der Waals surface area contributed by atoms with Gasteiger partial charge in [0.05, 0.1) is 12.8 Å². The summed E-state index contributed by atoms with van der Waals surface area (Å²) in [5.74, 6) is 2.21. The number of hydrogen-bond acceptors (Lipinski definition) is 5. The Bertz CT molecular complexity index is 594. The van der Waals surface area contributed by atoms with Crippen molar-refractivity contribution in [1.29, 1.82) is 0 Å². The Hall–Kier alpha value is -1.66. The van der Waals surface area contributed by atoms with E-state index in [1.54, 1.807) is 12.6 Å². The van der Waals surface area contributed by atoms with E-state index in [-0.39, 0.29) is 0 Å². The Morgan fingerprint density at radius 2 is 2.30 bits per heavy atom. The number of likely N-dealkylation sites (tertiary alicyclic amines) is 1. The molecular formula is C17H26N4O2. The van der Waals surface area contributed by atoms with Gasteiger partial charge in [-0.25, -0.2) is 9.67 Å². The van der Waals surface area contributed by atoms with Crippen LogP contribution in [0, 0.1) is 5.92 Å². The first-order chi connectivity index (χ1) is 11.1. The Balaban J connectivity index is 1.62. The first-order valence-corrected chi connectivity index (χ1v) is 8.45. The predicted octanol–water partition coefficient (Wildman–Crippen LogP) is 2.62. The van der Waals surface area contributed by atoms with Gasteiger partial charge in [-0.15, -0.1) is 0 Å². The molecule has 0 aliphatic carbocycles. The number of nitrogens with zero attached hydrogens (tertiary/aromatic N) is 4. The zero-order valence-corrected chi connectivity index (χ0v) is 13.9. The minimum Gasteiger partial charge on any atom is -0.467 e. The number of rotatable bonds is 7. The third-order valence-corrected chi connectivity index (χ3v) is 4.44. The Morgan fingerprint density at radius 3 is 3.04 bits per heavy atom. The lowest BCUT2D eigenvalue weighted by atomic mass is 10.1. The molecule has 3 heterocycles. The van der Waals surface area contributed by atoms with Crippen LogP contribution in [0.25, 0.3) is 0 Å².